The fourth-order valence-electron chi connectivity index (χ4n) is 3.30. The Morgan fingerprint density at radius 1 is 1.25 bits per heavy atom. The van der Waals surface area contributed by atoms with Gasteiger partial charge in [0.05, 0.1) is 13.4 Å². The largest absolute Gasteiger partial charge is 0.494 e. The number of hydrogen-bond donors (Lipinski definition) is 3. The number of nitrogens with one attached hydrogen (secondary N) is 1. The maximum atomic E-state index is 13.5. The van der Waals surface area contributed by atoms with Crippen LogP contribution in [0.4, 0.5) is 8.78 Å². The molecule has 1 aliphatic heterocycles. The van der Waals surface area contributed by atoms with E-state index in [1.807, 2.05) is 26.8 Å². The van der Waals surface area contributed by atoms with Gasteiger partial charge in [0, 0.05) is 24.4 Å². The Morgan fingerprint density at radius 3 is 2.36 bits per heavy atom. The second-order valence-electron chi connectivity index (χ2n) is 7.51. The van der Waals surface area contributed by atoms with E-state index >= 15 is 0 Å². The highest BCUT2D eigenvalue weighted by Gasteiger charge is 2.17. The minimum Gasteiger partial charge on any atom is -0.494 e. The summed E-state index contributed by atoms with van der Waals surface area (Å²) in [6, 6.07) is 6.16. The number of piperidine rings is 1. The van der Waals surface area contributed by atoms with Crippen LogP contribution in [0, 0.1) is 17.3 Å². The molecule has 1 amide bonds. The first-order valence-electron chi connectivity index (χ1n) is 12.1. The summed E-state index contributed by atoms with van der Waals surface area (Å²) in [6.07, 6.45) is 5.37. The summed E-state index contributed by atoms with van der Waals surface area (Å²) in [6.45, 7) is 9.89. The second kappa shape index (κ2) is 19.1. The van der Waals surface area contributed by atoms with Crippen molar-refractivity contribution in [2.75, 3.05) is 40.0 Å². The first kappa shape index (κ1) is 32.9. The molecule has 10 heteroatoms. The van der Waals surface area contributed by atoms with Crippen molar-refractivity contribution in [3.8, 4) is 5.75 Å². The molecule has 2 aromatic rings. The van der Waals surface area contributed by atoms with Crippen LogP contribution in [-0.2, 0) is 9.53 Å². The molecular weight excluding hydrogens is 468 g/mol. The number of aromatic nitrogens is 1. The van der Waals surface area contributed by atoms with Crippen molar-refractivity contribution in [3.05, 3.63) is 48.1 Å². The Morgan fingerprint density at radius 2 is 1.83 bits per heavy atom. The number of carbonyl (C=O) groups excluding carboxylic acids is 1. The molecule has 0 saturated carbocycles. The van der Waals surface area contributed by atoms with Gasteiger partial charge in [-0.05, 0) is 68.7 Å². The van der Waals surface area contributed by atoms with Crippen molar-refractivity contribution in [2.24, 2.45) is 17.4 Å². The SMILES string of the molecule is CC.CC(N)=O.CCN.COc1ccc(C(=N)O/C=C/C2CCN(CCF)CC2)c2ccc(F)nc12. The molecule has 202 valence electrons. The average Bonchev–Trinajstić information content (AvgIpc) is 2.86. The Labute approximate surface area is 213 Å². The van der Waals surface area contributed by atoms with Gasteiger partial charge in [-0.3, -0.25) is 10.2 Å². The molecule has 5 N–H and O–H groups in total. The monoisotopic (exact) mass is 509 g/mol. The molecular formula is C26H41F2N5O3. The van der Waals surface area contributed by atoms with Crippen LogP contribution in [0.5, 0.6) is 5.75 Å². The zero-order chi connectivity index (χ0) is 27.5. The van der Waals surface area contributed by atoms with Gasteiger partial charge in [0.25, 0.3) is 0 Å². The van der Waals surface area contributed by atoms with Gasteiger partial charge in [-0.15, -0.1) is 0 Å². The summed E-state index contributed by atoms with van der Waals surface area (Å²) in [7, 11) is 1.49. The molecule has 1 saturated heterocycles. The average molecular weight is 510 g/mol. The molecule has 1 aromatic carbocycles. The predicted molar refractivity (Wildman–Crippen MR) is 141 cm³/mol. The number of methoxy groups -OCH3 is 1. The number of alkyl halides is 1. The number of amides is 1. The van der Waals surface area contributed by atoms with E-state index in [1.165, 1.54) is 26.4 Å². The number of ether oxygens (including phenoxy) is 2. The van der Waals surface area contributed by atoms with Gasteiger partial charge in [0.1, 0.15) is 17.9 Å². The Kier molecular flexibility index (Phi) is 17.5. The Hall–Kier alpha value is -3.11. The lowest BCUT2D eigenvalue weighted by molar-refractivity contribution is -0.115. The molecule has 0 atom stereocenters. The number of primary amides is 1. The lowest BCUT2D eigenvalue weighted by atomic mass is 9.97. The first-order valence-corrected chi connectivity index (χ1v) is 12.1. The maximum Gasteiger partial charge on any atom is 0.218 e. The summed E-state index contributed by atoms with van der Waals surface area (Å²) >= 11 is 0. The highest BCUT2D eigenvalue weighted by molar-refractivity contribution is 6.06. The smallest absolute Gasteiger partial charge is 0.218 e. The summed E-state index contributed by atoms with van der Waals surface area (Å²) < 4.78 is 36.6. The van der Waals surface area contributed by atoms with Crippen LogP contribution < -0.4 is 16.2 Å². The number of allylic oxidation sites excluding steroid dienone is 1. The Balaban J connectivity index is 0.00000119. The summed E-state index contributed by atoms with van der Waals surface area (Å²) in [5.41, 5.74) is 10.2. The summed E-state index contributed by atoms with van der Waals surface area (Å²) in [5, 5.41) is 8.80. The standard InChI is InChI=1S/C20H23F2N3O2.C2H5NO.C2H7N.C2H6/c1-26-17-4-2-16(15-3-5-18(22)24-19(15)17)20(23)27-13-8-14-6-10-25(11-7-14)12-9-21;1-2(3)4;1-2-3;1-2/h2-5,8,13-14,23H,6-7,9-12H2,1H3;1H3,(H2,3,4);2-3H2,1H3;1-2H3/b13-8+,23-20?;;;. The van der Waals surface area contributed by atoms with E-state index in [0.29, 0.717) is 34.7 Å². The topological polar surface area (TPSA) is 128 Å². The van der Waals surface area contributed by atoms with Crippen LogP contribution in [0.15, 0.2) is 36.6 Å². The quantitative estimate of drug-likeness (QED) is 0.229. The van der Waals surface area contributed by atoms with Crippen LogP contribution >= 0.6 is 0 Å². The highest BCUT2D eigenvalue weighted by atomic mass is 19.1. The van der Waals surface area contributed by atoms with E-state index < -0.39 is 5.95 Å². The van der Waals surface area contributed by atoms with Gasteiger partial charge < -0.3 is 25.8 Å². The number of rotatable bonds is 6. The van der Waals surface area contributed by atoms with Gasteiger partial charge >= 0.3 is 0 Å². The molecule has 3 rings (SSSR count). The van der Waals surface area contributed by atoms with Crippen LogP contribution in [0.3, 0.4) is 0 Å². The molecule has 2 heterocycles. The number of nitrogens with two attached hydrogens (primary N) is 2. The minimum absolute atomic E-state index is 0.0397. The zero-order valence-corrected chi connectivity index (χ0v) is 22.0. The molecule has 0 unspecified atom stereocenters. The number of carbonyl (C=O) groups is 1. The number of nitrogens with zero attached hydrogens (tertiary/aromatic N) is 2. The van der Waals surface area contributed by atoms with Crippen molar-refractivity contribution in [2.45, 2.75) is 40.5 Å². The molecule has 0 aliphatic carbocycles. The lowest BCUT2D eigenvalue weighted by Crippen LogP contribution is -2.34. The van der Waals surface area contributed by atoms with Crippen molar-refractivity contribution in [3.63, 3.8) is 0 Å². The number of hydrogen-bond acceptors (Lipinski definition) is 7. The minimum atomic E-state index is -0.607. The maximum absolute atomic E-state index is 13.5. The number of benzene rings is 1. The van der Waals surface area contributed by atoms with Crippen molar-refractivity contribution in [1.82, 2.24) is 9.88 Å². The van der Waals surface area contributed by atoms with Gasteiger partial charge in [-0.25, -0.2) is 9.37 Å². The van der Waals surface area contributed by atoms with Gasteiger partial charge in [-0.2, -0.15) is 4.39 Å². The second-order valence-corrected chi connectivity index (χ2v) is 7.51. The summed E-state index contributed by atoms with van der Waals surface area (Å²) in [5.74, 6) is -0.180. The molecule has 0 spiro atoms. The van der Waals surface area contributed by atoms with Gasteiger partial charge in [0.15, 0.2) is 0 Å². The molecule has 1 aliphatic rings. The van der Waals surface area contributed by atoms with Crippen molar-refractivity contribution >= 4 is 22.7 Å². The first-order chi connectivity index (χ1) is 17.3. The zero-order valence-electron chi connectivity index (χ0n) is 22.0. The molecule has 36 heavy (non-hydrogen) atoms. The molecule has 1 fully saturated rings. The van der Waals surface area contributed by atoms with Crippen LogP contribution in [0.2, 0.25) is 0 Å². The van der Waals surface area contributed by atoms with Crippen LogP contribution in [0.1, 0.15) is 46.1 Å². The fraction of sp³-hybridized carbons (Fsp3) is 0.500. The highest BCUT2D eigenvalue weighted by Crippen LogP contribution is 2.27. The van der Waals surface area contributed by atoms with Crippen molar-refractivity contribution in [1.29, 1.82) is 5.41 Å². The third-order valence-corrected chi connectivity index (χ3v) is 4.82. The van der Waals surface area contributed by atoms with Gasteiger partial charge in [0.2, 0.25) is 17.8 Å². The van der Waals surface area contributed by atoms with Gasteiger partial charge in [-0.1, -0.05) is 20.8 Å². The molecule has 8 nitrogen and oxygen atoms in total. The third kappa shape index (κ3) is 12.0. The third-order valence-electron chi connectivity index (χ3n) is 4.82. The molecule has 0 bridgehead atoms. The van der Waals surface area contributed by atoms with Crippen LogP contribution in [0.25, 0.3) is 10.9 Å². The molecule has 1 aromatic heterocycles. The Bertz CT molecular complexity index is 945. The number of halogens is 2. The van der Waals surface area contributed by atoms with E-state index in [9.17, 15) is 13.6 Å². The molecule has 0 radical (unpaired) electrons. The van der Waals surface area contributed by atoms with Crippen molar-refractivity contribution < 1.29 is 23.0 Å². The van der Waals surface area contributed by atoms with Crippen LogP contribution in [-0.4, -0.2) is 61.7 Å². The van der Waals surface area contributed by atoms with E-state index in [4.69, 9.17) is 20.6 Å². The van der Waals surface area contributed by atoms with E-state index in [-0.39, 0.29) is 18.5 Å². The number of pyridine rings is 1. The number of likely N-dealkylation sites (tertiary alicyclic amines) is 1. The summed E-state index contributed by atoms with van der Waals surface area (Å²) in [4.78, 5) is 15.2. The van der Waals surface area contributed by atoms with E-state index in [1.54, 1.807) is 18.2 Å². The fourth-order valence-corrected chi connectivity index (χ4v) is 3.30. The van der Waals surface area contributed by atoms with E-state index in [0.717, 1.165) is 32.5 Å². The predicted octanol–water partition coefficient (Wildman–Crippen LogP) is 4.40. The number of fused-ring (bicyclic) bond motifs is 1. The normalized spacial score (nSPS) is 13.4. The lowest BCUT2D eigenvalue weighted by Gasteiger charge is -2.29. The van der Waals surface area contributed by atoms with E-state index in [2.05, 4.69) is 15.6 Å².